The maximum atomic E-state index is 12.4. The number of sulfonamides is 1. The fourth-order valence-corrected chi connectivity index (χ4v) is 3.17. The number of carbonyl (C=O) groups excluding carboxylic acids is 1. The summed E-state index contributed by atoms with van der Waals surface area (Å²) < 4.78 is 24.6. The van der Waals surface area contributed by atoms with E-state index in [1.165, 1.54) is 0 Å². The van der Waals surface area contributed by atoms with Crippen LogP contribution in [0, 0.1) is 5.92 Å². The summed E-state index contributed by atoms with van der Waals surface area (Å²) in [6.07, 6.45) is 3.32. The molecule has 1 aliphatic heterocycles. The van der Waals surface area contributed by atoms with E-state index in [-0.39, 0.29) is 18.6 Å². The summed E-state index contributed by atoms with van der Waals surface area (Å²) in [5.41, 5.74) is 1.55. The van der Waals surface area contributed by atoms with E-state index >= 15 is 0 Å². The smallest absolute Gasteiger partial charge is 0.322 e. The van der Waals surface area contributed by atoms with Crippen molar-refractivity contribution in [1.29, 1.82) is 0 Å². The van der Waals surface area contributed by atoms with Gasteiger partial charge in [0.2, 0.25) is 10.0 Å². The second-order valence-corrected chi connectivity index (χ2v) is 8.11. The van der Waals surface area contributed by atoms with E-state index in [4.69, 9.17) is 0 Å². The van der Waals surface area contributed by atoms with E-state index < -0.39 is 10.0 Å². The van der Waals surface area contributed by atoms with E-state index in [1.54, 1.807) is 24.3 Å². The number of carbonyl (C=O) groups is 1. The van der Waals surface area contributed by atoms with E-state index in [2.05, 4.69) is 23.9 Å². The number of hydrogen-bond acceptors (Lipinski definition) is 3. The van der Waals surface area contributed by atoms with Gasteiger partial charge in [-0.15, -0.1) is 0 Å². The second kappa shape index (κ2) is 7.31. The maximum absolute atomic E-state index is 12.4. The monoisotopic (exact) mass is 339 g/mol. The van der Waals surface area contributed by atoms with Crippen LogP contribution in [-0.2, 0) is 16.6 Å². The van der Waals surface area contributed by atoms with Crippen molar-refractivity contribution in [2.24, 2.45) is 5.92 Å². The fourth-order valence-electron chi connectivity index (χ4n) is 2.74. The number of rotatable bonds is 4. The van der Waals surface area contributed by atoms with E-state index in [0.29, 0.717) is 11.6 Å². The number of nitrogens with one attached hydrogen (secondary N) is 2. The van der Waals surface area contributed by atoms with Crippen molar-refractivity contribution in [3.05, 3.63) is 29.8 Å². The first kappa shape index (κ1) is 17.7. The van der Waals surface area contributed by atoms with Gasteiger partial charge in [0.25, 0.3) is 0 Å². The molecule has 128 valence electrons. The van der Waals surface area contributed by atoms with Crippen LogP contribution < -0.4 is 10.0 Å². The largest absolute Gasteiger partial charge is 0.322 e. The first-order chi connectivity index (χ1) is 10.8. The summed E-state index contributed by atoms with van der Waals surface area (Å²) in [5, 5.41) is 2.91. The van der Waals surface area contributed by atoms with Gasteiger partial charge in [-0.05, 0) is 43.4 Å². The van der Waals surface area contributed by atoms with Gasteiger partial charge in [-0.1, -0.05) is 19.1 Å². The highest BCUT2D eigenvalue weighted by Gasteiger charge is 2.28. The summed E-state index contributed by atoms with van der Waals surface area (Å²) in [6.45, 7) is 5.29. The number of likely N-dealkylation sites (tertiary alicyclic amines) is 1. The van der Waals surface area contributed by atoms with Crippen LogP contribution in [0.25, 0.3) is 0 Å². The van der Waals surface area contributed by atoms with Crippen LogP contribution in [0.3, 0.4) is 0 Å². The van der Waals surface area contributed by atoms with Gasteiger partial charge in [0.05, 0.1) is 6.26 Å². The number of nitrogens with zero attached hydrogens (tertiary/aromatic N) is 1. The van der Waals surface area contributed by atoms with Crippen LogP contribution in [0.4, 0.5) is 10.5 Å². The van der Waals surface area contributed by atoms with E-state index in [9.17, 15) is 13.2 Å². The van der Waals surface area contributed by atoms with Crippen LogP contribution in [0.5, 0.6) is 0 Å². The molecular weight excluding hydrogens is 314 g/mol. The summed E-state index contributed by atoms with van der Waals surface area (Å²) in [7, 11) is -3.20. The van der Waals surface area contributed by atoms with Crippen LogP contribution in [0.2, 0.25) is 0 Å². The zero-order chi connectivity index (χ0) is 17.0. The van der Waals surface area contributed by atoms with Crippen LogP contribution in [0.15, 0.2) is 24.3 Å². The highest BCUT2D eigenvalue weighted by Crippen LogP contribution is 2.23. The Kier molecular flexibility index (Phi) is 5.64. The highest BCUT2D eigenvalue weighted by molar-refractivity contribution is 7.88. The summed E-state index contributed by atoms with van der Waals surface area (Å²) in [5.74, 6) is 0.513. The predicted octanol–water partition coefficient (Wildman–Crippen LogP) is 2.39. The minimum atomic E-state index is -3.20. The summed E-state index contributed by atoms with van der Waals surface area (Å²) in [6, 6.07) is 7.34. The third kappa shape index (κ3) is 5.21. The Bertz CT molecular complexity index is 643. The lowest BCUT2D eigenvalue weighted by Crippen LogP contribution is -2.47. The highest BCUT2D eigenvalue weighted by atomic mass is 32.2. The first-order valence-corrected chi connectivity index (χ1v) is 9.76. The zero-order valence-electron chi connectivity index (χ0n) is 13.9. The van der Waals surface area contributed by atoms with Gasteiger partial charge in [0.15, 0.2) is 0 Å². The second-order valence-electron chi connectivity index (χ2n) is 6.27. The molecule has 1 fully saturated rings. The lowest BCUT2D eigenvalue weighted by atomic mass is 9.92. The Hall–Kier alpha value is -1.60. The fraction of sp³-hybridized carbons (Fsp3) is 0.562. The molecule has 0 radical (unpaired) electrons. The molecule has 0 spiro atoms. The third-order valence-electron chi connectivity index (χ3n) is 4.38. The molecule has 1 aromatic carbocycles. The molecule has 2 unspecified atom stereocenters. The molecule has 1 saturated heterocycles. The molecular formula is C16H25N3O3S. The number of amides is 2. The number of benzene rings is 1. The Labute approximate surface area is 138 Å². The molecule has 0 aromatic heterocycles. The average molecular weight is 339 g/mol. The van der Waals surface area contributed by atoms with Crippen molar-refractivity contribution in [1.82, 2.24) is 9.62 Å². The van der Waals surface area contributed by atoms with Crippen molar-refractivity contribution in [2.75, 3.05) is 18.1 Å². The van der Waals surface area contributed by atoms with E-state index in [1.807, 2.05) is 4.90 Å². The normalized spacial score (nSPS) is 22.0. The third-order valence-corrected chi connectivity index (χ3v) is 5.05. The Balaban J connectivity index is 1.94. The Morgan fingerprint density at radius 3 is 2.52 bits per heavy atom. The molecule has 2 amide bonds. The van der Waals surface area contributed by atoms with Crippen LogP contribution in [-0.4, -0.2) is 38.2 Å². The SMILES string of the molecule is CC1CCCN(C(=O)Nc2ccc(CNS(C)(=O)=O)cc2)C1C. The maximum Gasteiger partial charge on any atom is 0.322 e. The number of anilines is 1. The van der Waals surface area contributed by atoms with Gasteiger partial charge >= 0.3 is 6.03 Å². The molecule has 2 N–H and O–H groups in total. The molecule has 1 heterocycles. The zero-order valence-corrected chi connectivity index (χ0v) is 14.7. The molecule has 2 rings (SSSR count). The van der Waals surface area contributed by atoms with Crippen molar-refractivity contribution in [3.63, 3.8) is 0 Å². The Morgan fingerprint density at radius 1 is 1.26 bits per heavy atom. The number of urea groups is 1. The quantitative estimate of drug-likeness (QED) is 0.884. The predicted molar refractivity (Wildman–Crippen MR) is 91.7 cm³/mol. The van der Waals surface area contributed by atoms with Crippen LogP contribution >= 0.6 is 0 Å². The molecule has 0 bridgehead atoms. The molecule has 7 heteroatoms. The lowest BCUT2D eigenvalue weighted by Gasteiger charge is -2.37. The van der Waals surface area contributed by atoms with Crippen molar-refractivity contribution < 1.29 is 13.2 Å². The minimum absolute atomic E-state index is 0.0777. The average Bonchev–Trinajstić information content (AvgIpc) is 2.48. The van der Waals surface area contributed by atoms with Gasteiger partial charge in [-0.25, -0.2) is 17.9 Å². The molecule has 2 atom stereocenters. The van der Waals surface area contributed by atoms with Crippen molar-refractivity contribution >= 4 is 21.7 Å². The molecule has 0 aliphatic carbocycles. The summed E-state index contributed by atoms with van der Waals surface area (Å²) >= 11 is 0. The summed E-state index contributed by atoms with van der Waals surface area (Å²) in [4.78, 5) is 14.3. The first-order valence-electron chi connectivity index (χ1n) is 7.87. The molecule has 23 heavy (non-hydrogen) atoms. The number of piperidine rings is 1. The standard InChI is InChI=1S/C16H25N3O3S/c1-12-5-4-10-19(13(12)2)16(20)18-15-8-6-14(7-9-15)11-17-23(3,21)22/h6-9,12-13,17H,4-5,10-11H2,1-3H3,(H,18,20). The van der Waals surface area contributed by atoms with E-state index in [0.717, 1.165) is 31.2 Å². The van der Waals surface area contributed by atoms with Gasteiger partial charge in [-0.2, -0.15) is 0 Å². The van der Waals surface area contributed by atoms with Gasteiger partial charge in [0, 0.05) is 24.8 Å². The molecule has 1 aliphatic rings. The number of hydrogen-bond donors (Lipinski definition) is 2. The van der Waals surface area contributed by atoms with Gasteiger partial charge in [-0.3, -0.25) is 0 Å². The molecule has 0 saturated carbocycles. The van der Waals surface area contributed by atoms with Crippen molar-refractivity contribution in [3.8, 4) is 0 Å². The molecule has 1 aromatic rings. The van der Waals surface area contributed by atoms with Gasteiger partial charge in [0.1, 0.15) is 0 Å². The van der Waals surface area contributed by atoms with Crippen molar-refractivity contribution in [2.45, 2.75) is 39.3 Å². The Morgan fingerprint density at radius 2 is 1.91 bits per heavy atom. The minimum Gasteiger partial charge on any atom is -0.322 e. The van der Waals surface area contributed by atoms with Crippen LogP contribution in [0.1, 0.15) is 32.3 Å². The van der Waals surface area contributed by atoms with Gasteiger partial charge < -0.3 is 10.2 Å². The topological polar surface area (TPSA) is 78.5 Å². The molecule has 6 nitrogen and oxygen atoms in total. The lowest BCUT2D eigenvalue weighted by molar-refractivity contribution is 0.139.